The van der Waals surface area contributed by atoms with Crippen molar-refractivity contribution >= 4 is 46.1 Å². The lowest BCUT2D eigenvalue weighted by Gasteiger charge is -2.14. The normalized spacial score (nSPS) is 11.3. The third-order valence-electron chi connectivity index (χ3n) is 4.91. The summed E-state index contributed by atoms with van der Waals surface area (Å²) < 4.78 is 50.8. The molecule has 0 aliphatic carbocycles. The highest BCUT2D eigenvalue weighted by molar-refractivity contribution is 14.1. The Hall–Kier alpha value is -3.88. The lowest BCUT2D eigenvalue weighted by Crippen LogP contribution is -2.26. The molecule has 0 aromatic heterocycles. The second-order valence-electron chi connectivity index (χ2n) is 7.70. The number of nitrogens with zero attached hydrogens (tertiary/aromatic N) is 2. The van der Waals surface area contributed by atoms with Crippen molar-refractivity contribution in [1.29, 1.82) is 0 Å². The Kier molecular flexibility index (Phi) is 9.87. The Morgan fingerprint density at radius 3 is 2.53 bits per heavy atom. The van der Waals surface area contributed by atoms with Crippen LogP contribution in [0.3, 0.4) is 0 Å². The highest BCUT2D eigenvalue weighted by atomic mass is 127. The van der Waals surface area contributed by atoms with Crippen molar-refractivity contribution in [3.05, 3.63) is 91.0 Å². The van der Waals surface area contributed by atoms with Gasteiger partial charge in [-0.25, -0.2) is 5.43 Å². The number of non-ortho nitro benzene ring substituents is 1. The second kappa shape index (κ2) is 13.1. The van der Waals surface area contributed by atoms with Gasteiger partial charge in [-0.1, -0.05) is 6.07 Å². The van der Waals surface area contributed by atoms with Crippen LogP contribution in [0.1, 0.15) is 23.6 Å². The molecule has 0 heterocycles. The summed E-state index contributed by atoms with van der Waals surface area (Å²) in [4.78, 5) is 22.4. The molecule has 0 fully saturated rings. The van der Waals surface area contributed by atoms with Crippen LogP contribution in [0.25, 0.3) is 0 Å². The number of alkyl halides is 3. The number of carbonyl (C=O) groups excluding carboxylic acids is 1. The Balaban J connectivity index is 1.60. The van der Waals surface area contributed by atoms with Crippen LogP contribution in [0.2, 0.25) is 0 Å². The Morgan fingerprint density at radius 1 is 1.13 bits per heavy atom. The molecule has 0 spiro atoms. The molecule has 0 saturated heterocycles. The van der Waals surface area contributed by atoms with Crippen molar-refractivity contribution in [2.45, 2.75) is 19.7 Å². The van der Waals surface area contributed by atoms with Gasteiger partial charge < -0.3 is 14.8 Å². The fraction of sp³-hybridized carbons (Fsp3) is 0.200. The topological polar surface area (TPSA) is 115 Å². The van der Waals surface area contributed by atoms with E-state index in [0.717, 1.165) is 17.7 Å². The lowest BCUT2D eigenvalue weighted by atomic mass is 10.2. The number of hydrogen-bond donors (Lipinski definition) is 2. The van der Waals surface area contributed by atoms with E-state index < -0.39 is 22.6 Å². The Morgan fingerprint density at radius 2 is 1.87 bits per heavy atom. The number of hydrogen-bond acceptors (Lipinski definition) is 7. The molecule has 0 atom stereocenters. The van der Waals surface area contributed by atoms with Crippen molar-refractivity contribution in [2.24, 2.45) is 5.10 Å². The van der Waals surface area contributed by atoms with Gasteiger partial charge in [0.05, 0.1) is 33.4 Å². The molecule has 0 radical (unpaired) electrons. The molecule has 3 aromatic carbocycles. The SMILES string of the molecule is CCOc1cc(/C=N\NC(=O)CNc2cccc(C(F)(F)F)c2)cc(I)c1OCc1ccc([N+](=O)[O-])cc1. The molecule has 9 nitrogen and oxygen atoms in total. The summed E-state index contributed by atoms with van der Waals surface area (Å²) >= 11 is 2.07. The number of nitrogens with one attached hydrogen (secondary N) is 2. The average molecular weight is 642 g/mol. The summed E-state index contributed by atoms with van der Waals surface area (Å²) in [5.41, 5.74) is 2.97. The zero-order valence-corrected chi connectivity index (χ0v) is 22.1. The molecule has 0 bridgehead atoms. The standard InChI is InChI=1S/C25H22F3IN4O5/c1-2-37-22-11-17(10-21(29)24(22)38-15-16-6-8-20(9-7-16)33(35)36)13-31-32-23(34)14-30-19-5-3-4-18(12-19)25(26,27)28/h3-13,30H,2,14-15H2,1H3,(H,32,34)/b31-13-. The maximum Gasteiger partial charge on any atom is 0.416 e. The van der Waals surface area contributed by atoms with Gasteiger partial charge in [-0.05, 0) is 83.1 Å². The number of nitro groups is 1. The minimum absolute atomic E-state index is 0.0134. The van der Waals surface area contributed by atoms with Gasteiger partial charge in [0.25, 0.3) is 11.6 Å². The summed E-state index contributed by atoms with van der Waals surface area (Å²) in [5.74, 6) is 0.374. The van der Waals surface area contributed by atoms with E-state index in [2.05, 4.69) is 38.4 Å². The van der Waals surface area contributed by atoms with Crippen LogP contribution in [-0.2, 0) is 17.6 Å². The number of halogens is 4. The first-order chi connectivity index (χ1) is 18.1. The van der Waals surface area contributed by atoms with Crippen molar-refractivity contribution in [3.8, 4) is 11.5 Å². The van der Waals surface area contributed by atoms with Crippen molar-refractivity contribution < 1.29 is 32.4 Å². The number of rotatable bonds is 11. The zero-order chi connectivity index (χ0) is 27.7. The fourth-order valence-electron chi connectivity index (χ4n) is 3.14. The van der Waals surface area contributed by atoms with E-state index in [1.165, 1.54) is 30.5 Å². The molecule has 0 aliphatic rings. The van der Waals surface area contributed by atoms with Crippen LogP contribution in [-0.4, -0.2) is 30.2 Å². The average Bonchev–Trinajstić information content (AvgIpc) is 2.87. The number of nitro benzene ring substituents is 1. The first-order valence-corrected chi connectivity index (χ1v) is 12.2. The Bertz CT molecular complexity index is 1320. The minimum Gasteiger partial charge on any atom is -0.490 e. The van der Waals surface area contributed by atoms with E-state index in [0.29, 0.717) is 27.2 Å². The molecule has 3 aromatic rings. The highest BCUT2D eigenvalue weighted by Gasteiger charge is 2.30. The van der Waals surface area contributed by atoms with E-state index in [1.807, 2.05) is 6.92 Å². The van der Waals surface area contributed by atoms with Crippen LogP contribution < -0.4 is 20.2 Å². The van der Waals surface area contributed by atoms with Crippen LogP contribution in [0.15, 0.2) is 65.8 Å². The van der Waals surface area contributed by atoms with Crippen molar-refractivity contribution in [1.82, 2.24) is 5.43 Å². The third kappa shape index (κ3) is 8.33. The molecule has 38 heavy (non-hydrogen) atoms. The first-order valence-electron chi connectivity index (χ1n) is 11.1. The third-order valence-corrected chi connectivity index (χ3v) is 5.71. The number of anilines is 1. The van der Waals surface area contributed by atoms with E-state index in [1.54, 1.807) is 24.3 Å². The predicted octanol–water partition coefficient (Wildman–Crippen LogP) is 5.76. The molecule has 0 saturated carbocycles. The lowest BCUT2D eigenvalue weighted by molar-refractivity contribution is -0.384. The van der Waals surface area contributed by atoms with Crippen molar-refractivity contribution in [2.75, 3.05) is 18.5 Å². The molecule has 2 N–H and O–H groups in total. The Labute approximate surface area is 229 Å². The monoisotopic (exact) mass is 642 g/mol. The van der Waals surface area contributed by atoms with E-state index in [4.69, 9.17) is 9.47 Å². The van der Waals surface area contributed by atoms with Gasteiger partial charge >= 0.3 is 6.18 Å². The van der Waals surface area contributed by atoms with Gasteiger partial charge in [0.15, 0.2) is 11.5 Å². The van der Waals surface area contributed by atoms with Crippen LogP contribution >= 0.6 is 22.6 Å². The van der Waals surface area contributed by atoms with E-state index >= 15 is 0 Å². The number of benzene rings is 3. The summed E-state index contributed by atoms with van der Waals surface area (Å²) in [5, 5.41) is 17.3. The van der Waals surface area contributed by atoms with Gasteiger partial charge in [0.1, 0.15) is 6.61 Å². The van der Waals surface area contributed by atoms with Gasteiger partial charge in [0.2, 0.25) is 0 Å². The maximum absolute atomic E-state index is 12.8. The highest BCUT2D eigenvalue weighted by Crippen LogP contribution is 2.35. The molecule has 13 heteroatoms. The van der Waals surface area contributed by atoms with Crippen LogP contribution in [0, 0.1) is 13.7 Å². The summed E-state index contributed by atoms with van der Waals surface area (Å²) in [6.45, 7) is 2.06. The maximum atomic E-state index is 12.8. The first kappa shape index (κ1) is 28.7. The fourth-order valence-corrected chi connectivity index (χ4v) is 3.92. The molecular weight excluding hydrogens is 620 g/mol. The molecule has 3 rings (SSSR count). The van der Waals surface area contributed by atoms with Crippen LogP contribution in [0.5, 0.6) is 11.5 Å². The molecular formula is C25H22F3IN4O5. The molecule has 0 unspecified atom stereocenters. The van der Waals surface area contributed by atoms with E-state index in [9.17, 15) is 28.1 Å². The number of hydrazone groups is 1. The van der Waals surface area contributed by atoms with Crippen LogP contribution in [0.4, 0.5) is 24.5 Å². The zero-order valence-electron chi connectivity index (χ0n) is 19.9. The smallest absolute Gasteiger partial charge is 0.416 e. The number of ether oxygens (including phenoxy) is 2. The summed E-state index contributed by atoms with van der Waals surface area (Å²) in [6, 6.07) is 14.0. The molecule has 0 aliphatic heterocycles. The minimum atomic E-state index is -4.48. The molecule has 1 amide bonds. The van der Waals surface area contributed by atoms with Crippen molar-refractivity contribution in [3.63, 3.8) is 0 Å². The summed E-state index contributed by atoms with van der Waals surface area (Å²) in [6.07, 6.45) is -3.08. The van der Waals surface area contributed by atoms with Gasteiger partial charge in [-0.15, -0.1) is 0 Å². The largest absolute Gasteiger partial charge is 0.490 e. The predicted molar refractivity (Wildman–Crippen MR) is 143 cm³/mol. The summed E-state index contributed by atoms with van der Waals surface area (Å²) in [7, 11) is 0. The second-order valence-corrected chi connectivity index (χ2v) is 8.86. The quantitative estimate of drug-likeness (QED) is 0.119. The van der Waals surface area contributed by atoms with Gasteiger partial charge in [-0.2, -0.15) is 18.3 Å². The van der Waals surface area contributed by atoms with Gasteiger partial charge in [0, 0.05) is 17.8 Å². The van der Waals surface area contributed by atoms with Gasteiger partial charge in [-0.3, -0.25) is 14.9 Å². The molecule has 200 valence electrons. The number of amides is 1. The number of carbonyl (C=O) groups is 1. The van der Waals surface area contributed by atoms with E-state index in [-0.39, 0.29) is 24.5 Å².